The van der Waals surface area contributed by atoms with E-state index < -0.39 is 0 Å². The number of allylic oxidation sites excluding steroid dienone is 2. The molecule has 0 aromatic rings. The fourth-order valence-corrected chi connectivity index (χ4v) is 1.96. The summed E-state index contributed by atoms with van der Waals surface area (Å²) < 4.78 is 0. The van der Waals surface area contributed by atoms with Crippen molar-refractivity contribution in [1.29, 1.82) is 0 Å². The molecule has 2 rings (SSSR count). The van der Waals surface area contributed by atoms with Gasteiger partial charge in [0.1, 0.15) is 5.70 Å². The van der Waals surface area contributed by atoms with Crippen molar-refractivity contribution in [3.05, 3.63) is 23.9 Å². The van der Waals surface area contributed by atoms with E-state index in [1.165, 1.54) is 0 Å². The summed E-state index contributed by atoms with van der Waals surface area (Å²) in [6.45, 7) is 1.46. The Morgan fingerprint density at radius 1 is 1.35 bits per heavy atom. The molecule has 0 bridgehead atoms. The maximum absolute atomic E-state index is 11.8. The molecule has 2 aliphatic rings. The van der Waals surface area contributed by atoms with Gasteiger partial charge in [-0.3, -0.25) is 14.9 Å². The van der Waals surface area contributed by atoms with Crippen molar-refractivity contribution >= 4 is 11.8 Å². The Morgan fingerprint density at radius 3 is 2.88 bits per heavy atom. The summed E-state index contributed by atoms with van der Waals surface area (Å²) in [5, 5.41) is 8.44. The van der Waals surface area contributed by atoms with E-state index in [0.29, 0.717) is 12.2 Å². The number of amides is 2. The van der Waals surface area contributed by atoms with Crippen LogP contribution in [-0.2, 0) is 9.59 Å². The van der Waals surface area contributed by atoms with Crippen LogP contribution in [0.25, 0.3) is 0 Å². The molecule has 1 atom stereocenters. The van der Waals surface area contributed by atoms with Crippen LogP contribution in [0.4, 0.5) is 0 Å². The van der Waals surface area contributed by atoms with Gasteiger partial charge in [-0.15, -0.1) is 0 Å². The lowest BCUT2D eigenvalue weighted by Crippen LogP contribution is -2.49. The third kappa shape index (κ3) is 3.17. The predicted molar refractivity (Wildman–Crippen MR) is 64.0 cm³/mol. The van der Waals surface area contributed by atoms with Gasteiger partial charge in [-0.05, 0) is 25.5 Å². The van der Waals surface area contributed by atoms with Crippen LogP contribution in [0, 0.1) is 0 Å². The van der Waals surface area contributed by atoms with E-state index in [-0.39, 0.29) is 17.9 Å². The van der Waals surface area contributed by atoms with Crippen molar-refractivity contribution in [2.24, 2.45) is 0 Å². The fraction of sp³-hybridized carbons (Fsp3) is 0.500. The fourth-order valence-electron chi connectivity index (χ4n) is 1.96. The number of hydrogen-bond donors (Lipinski definition) is 3. The topological polar surface area (TPSA) is 70.2 Å². The van der Waals surface area contributed by atoms with Crippen LogP contribution < -0.4 is 16.0 Å². The lowest BCUT2D eigenvalue weighted by atomic mass is 10.0. The predicted octanol–water partition coefficient (Wildman–Crippen LogP) is -0.185. The minimum Gasteiger partial charge on any atom is -0.377 e. The maximum atomic E-state index is 11.8. The van der Waals surface area contributed by atoms with Crippen LogP contribution in [0.2, 0.25) is 0 Å². The van der Waals surface area contributed by atoms with Gasteiger partial charge in [-0.25, -0.2) is 0 Å². The van der Waals surface area contributed by atoms with E-state index in [9.17, 15) is 9.59 Å². The maximum Gasteiger partial charge on any atom is 0.273 e. The van der Waals surface area contributed by atoms with Gasteiger partial charge in [0.05, 0.1) is 6.04 Å². The van der Waals surface area contributed by atoms with E-state index in [0.717, 1.165) is 25.8 Å². The van der Waals surface area contributed by atoms with E-state index in [1.807, 2.05) is 6.08 Å². The summed E-state index contributed by atoms with van der Waals surface area (Å²) in [4.78, 5) is 23.5. The lowest BCUT2D eigenvalue weighted by Gasteiger charge is -2.22. The molecule has 3 N–H and O–H groups in total. The summed E-state index contributed by atoms with van der Waals surface area (Å²) in [7, 11) is 0. The lowest BCUT2D eigenvalue weighted by molar-refractivity contribution is -0.130. The molecule has 0 spiro atoms. The summed E-state index contributed by atoms with van der Waals surface area (Å²) in [5.74, 6) is -0.585. The van der Waals surface area contributed by atoms with Gasteiger partial charge in [0, 0.05) is 6.54 Å². The zero-order valence-corrected chi connectivity index (χ0v) is 9.66. The number of imide groups is 1. The van der Waals surface area contributed by atoms with Crippen LogP contribution in [0.1, 0.15) is 19.3 Å². The van der Waals surface area contributed by atoms with Crippen LogP contribution >= 0.6 is 0 Å². The number of carbonyl (C=O) groups is 2. The average molecular weight is 235 g/mol. The van der Waals surface area contributed by atoms with E-state index in [2.05, 4.69) is 16.0 Å². The number of hydrogen-bond acceptors (Lipinski definition) is 4. The van der Waals surface area contributed by atoms with Gasteiger partial charge < -0.3 is 10.6 Å². The molecular formula is C12H17N3O2. The van der Waals surface area contributed by atoms with Gasteiger partial charge in [0.25, 0.3) is 5.91 Å². The molecule has 0 aromatic carbocycles. The monoisotopic (exact) mass is 235 g/mol. The minimum absolute atomic E-state index is 0.229. The number of carbonyl (C=O) groups excluding carboxylic acids is 2. The minimum atomic E-state index is -0.355. The van der Waals surface area contributed by atoms with Crippen molar-refractivity contribution in [2.75, 3.05) is 13.1 Å². The highest BCUT2D eigenvalue weighted by Gasteiger charge is 2.23. The van der Waals surface area contributed by atoms with Crippen molar-refractivity contribution in [1.82, 2.24) is 16.0 Å². The van der Waals surface area contributed by atoms with E-state index >= 15 is 0 Å². The Labute approximate surface area is 100 Å². The Bertz CT molecular complexity index is 368. The molecule has 5 nitrogen and oxygen atoms in total. The first-order valence-corrected chi connectivity index (χ1v) is 5.96. The smallest absolute Gasteiger partial charge is 0.273 e. The Morgan fingerprint density at radius 2 is 2.24 bits per heavy atom. The van der Waals surface area contributed by atoms with Crippen LogP contribution in [0.3, 0.4) is 0 Å². The second-order valence-electron chi connectivity index (χ2n) is 4.21. The molecule has 0 radical (unpaired) electrons. The molecule has 1 unspecified atom stereocenters. The summed E-state index contributed by atoms with van der Waals surface area (Å²) >= 11 is 0. The number of rotatable bonds is 2. The van der Waals surface area contributed by atoms with E-state index in [1.54, 1.807) is 12.2 Å². The van der Waals surface area contributed by atoms with Crippen molar-refractivity contribution in [3.63, 3.8) is 0 Å². The highest BCUT2D eigenvalue weighted by Crippen LogP contribution is 2.07. The first kappa shape index (κ1) is 11.9. The molecule has 17 heavy (non-hydrogen) atoms. The highest BCUT2D eigenvalue weighted by atomic mass is 16.2. The highest BCUT2D eigenvalue weighted by molar-refractivity contribution is 6.05. The summed E-state index contributed by atoms with van der Waals surface area (Å²) in [6.07, 6.45) is 8.29. The third-order valence-electron chi connectivity index (χ3n) is 2.92. The van der Waals surface area contributed by atoms with Crippen LogP contribution in [0.15, 0.2) is 23.9 Å². The van der Waals surface area contributed by atoms with Crippen LogP contribution in [-0.4, -0.2) is 30.9 Å². The van der Waals surface area contributed by atoms with Gasteiger partial charge in [0.2, 0.25) is 5.91 Å². The first-order chi connectivity index (χ1) is 8.27. The third-order valence-corrected chi connectivity index (χ3v) is 2.92. The average Bonchev–Trinajstić information content (AvgIpc) is 2.40. The van der Waals surface area contributed by atoms with Gasteiger partial charge in [-0.1, -0.05) is 18.6 Å². The molecule has 92 valence electrons. The first-order valence-electron chi connectivity index (χ1n) is 5.96. The molecule has 2 heterocycles. The molecule has 5 heteroatoms. The van der Waals surface area contributed by atoms with Crippen molar-refractivity contribution < 1.29 is 9.59 Å². The zero-order valence-electron chi connectivity index (χ0n) is 9.66. The van der Waals surface area contributed by atoms with Crippen molar-refractivity contribution in [2.45, 2.75) is 25.3 Å². The van der Waals surface area contributed by atoms with Gasteiger partial charge >= 0.3 is 0 Å². The van der Waals surface area contributed by atoms with Crippen LogP contribution in [0.5, 0.6) is 0 Å². The second-order valence-corrected chi connectivity index (χ2v) is 4.21. The molecule has 1 saturated heterocycles. The largest absolute Gasteiger partial charge is 0.377 e. The molecule has 2 amide bonds. The quantitative estimate of drug-likeness (QED) is 0.580. The second kappa shape index (κ2) is 5.63. The standard InChI is InChI=1S/C12H17N3O2/c16-11(9-5-1-3-7-13-9)15-12(17)10-6-2-4-8-14-10/h1,3,5,10,13-14H,2,4,6-8H2,(H,15,16,17). The normalized spacial score (nSPS) is 23.5. The molecular weight excluding hydrogens is 218 g/mol. The number of nitrogens with one attached hydrogen (secondary N) is 3. The molecule has 0 aromatic heterocycles. The Hall–Kier alpha value is -1.62. The number of piperidine rings is 1. The zero-order chi connectivity index (χ0) is 12.1. The molecule has 0 aliphatic carbocycles. The summed E-state index contributed by atoms with van der Waals surface area (Å²) in [5.41, 5.74) is 0.441. The Kier molecular flexibility index (Phi) is 3.93. The summed E-state index contributed by atoms with van der Waals surface area (Å²) in [6, 6.07) is -0.229. The van der Waals surface area contributed by atoms with Gasteiger partial charge in [0.15, 0.2) is 0 Å². The van der Waals surface area contributed by atoms with Crippen molar-refractivity contribution in [3.8, 4) is 0 Å². The van der Waals surface area contributed by atoms with E-state index in [4.69, 9.17) is 0 Å². The molecule has 1 fully saturated rings. The molecule has 0 saturated carbocycles. The number of dihydropyridines is 1. The van der Waals surface area contributed by atoms with Gasteiger partial charge in [-0.2, -0.15) is 0 Å². The SMILES string of the molecule is O=C(NC(=O)C1CCCCN1)C1=CC=CCN1. The Balaban J connectivity index is 1.87. The molecule has 2 aliphatic heterocycles.